The highest BCUT2D eigenvalue weighted by atomic mass is 79.9. The van der Waals surface area contributed by atoms with Gasteiger partial charge in [0, 0.05) is 71.6 Å². The van der Waals surface area contributed by atoms with E-state index >= 15 is 0 Å². The highest BCUT2D eigenvalue weighted by molar-refractivity contribution is 9.10. The molecule has 78 heavy (non-hydrogen) atoms. The third-order valence-electron chi connectivity index (χ3n) is 14.1. The summed E-state index contributed by atoms with van der Waals surface area (Å²) in [5, 5.41) is 36.4. The summed E-state index contributed by atoms with van der Waals surface area (Å²) < 4.78 is 68.1. The topological polar surface area (TPSA) is 276 Å². The Kier molecular flexibility index (Phi) is 17.6. The lowest BCUT2D eigenvalue weighted by molar-refractivity contribution is 0.00578. The number of rotatable bonds is 16. The minimum absolute atomic E-state index is 0.222. The molecule has 0 aliphatic carbocycles. The number of nitrogens with one attached hydrogen (secondary N) is 6. The van der Waals surface area contributed by atoms with Gasteiger partial charge in [-0.25, -0.2) is 36.2 Å². The monoisotopic (exact) mass is 1160 g/mol. The Morgan fingerprint density at radius 2 is 1.06 bits per heavy atom. The van der Waals surface area contributed by atoms with Crippen molar-refractivity contribution in [2.24, 2.45) is 0 Å². The maximum atomic E-state index is 12.6. The van der Waals surface area contributed by atoms with Crippen LogP contribution in [0.1, 0.15) is 64.5 Å². The van der Waals surface area contributed by atoms with Crippen LogP contribution in [0.3, 0.4) is 0 Å². The van der Waals surface area contributed by atoms with Crippen LogP contribution < -0.4 is 25.5 Å². The largest absolute Gasteiger partial charge is 0.498 e. The quantitative estimate of drug-likeness (QED) is 0.0545. The molecule has 0 bridgehead atoms. The Bertz CT molecular complexity index is 3520. The third kappa shape index (κ3) is 14.1. The van der Waals surface area contributed by atoms with Gasteiger partial charge < -0.3 is 29.7 Å². The standard InChI is InChI=1S/C23H26N8O2S.C20H23BrN6O2S.C9H15BN2O2/c1-16-12-21-22(13-20(16)17-14-24-25-15-17)29-30-23(28-21)27-18-4-6-19(7-5-18)34(32,33)26-8-11-31-9-2-3-10-31;1-14-12-18-19(13-17(14)21)25-26-20(24-18)23-15-4-6-16(7-5-15)30(28,29)22-8-11-27-9-2-3-10-27;1-8(2)9(3,4)14-10(13-8)7-5-11-12-6-7/h4-7,12-15,26H,2-3,8-11H2,1H3,(H,24,25)(H,27,28,30);4-7,12-13,22H,2-3,8-11H2,1H3,(H,23,24,26);5-6H,1-4H3,(H,11,12). The van der Waals surface area contributed by atoms with Gasteiger partial charge in [0.2, 0.25) is 31.9 Å². The van der Waals surface area contributed by atoms with Crippen LogP contribution in [0, 0.1) is 13.8 Å². The van der Waals surface area contributed by atoms with E-state index in [2.05, 4.69) is 96.6 Å². The summed E-state index contributed by atoms with van der Waals surface area (Å²) in [5.74, 6) is 0.686. The van der Waals surface area contributed by atoms with Gasteiger partial charge in [0.1, 0.15) is 11.0 Å². The number of hydrogen-bond donors (Lipinski definition) is 6. The number of benzene rings is 4. The molecule has 0 unspecified atom stereocenters. The van der Waals surface area contributed by atoms with Crippen LogP contribution in [0.2, 0.25) is 0 Å². The zero-order valence-electron chi connectivity index (χ0n) is 44.4. The molecular formula is C52H64BBrN16O6S2. The second kappa shape index (κ2) is 24.3. The van der Waals surface area contributed by atoms with Gasteiger partial charge in [-0.3, -0.25) is 10.2 Å². The Labute approximate surface area is 463 Å². The lowest BCUT2D eigenvalue weighted by Gasteiger charge is -2.32. The van der Waals surface area contributed by atoms with Gasteiger partial charge in [0.15, 0.2) is 0 Å². The number of sulfonamides is 2. The zero-order valence-corrected chi connectivity index (χ0v) is 47.6. The predicted molar refractivity (Wildman–Crippen MR) is 305 cm³/mol. The first-order chi connectivity index (χ1) is 37.3. The summed E-state index contributed by atoms with van der Waals surface area (Å²) in [7, 11) is -7.39. The number of aryl methyl sites for hydroxylation is 2. The Hall–Kier alpha value is -6.36. The van der Waals surface area contributed by atoms with Crippen LogP contribution in [-0.2, 0) is 29.4 Å². The van der Waals surface area contributed by atoms with Gasteiger partial charge in [-0.05, 0) is 183 Å². The highest BCUT2D eigenvalue weighted by Crippen LogP contribution is 2.36. The van der Waals surface area contributed by atoms with Gasteiger partial charge in [0.25, 0.3) is 0 Å². The van der Waals surface area contributed by atoms with Crippen molar-refractivity contribution in [3.05, 3.63) is 113 Å². The van der Waals surface area contributed by atoms with Gasteiger partial charge in [-0.15, -0.1) is 20.4 Å². The Balaban J connectivity index is 0.000000154. The van der Waals surface area contributed by atoms with Gasteiger partial charge in [-0.2, -0.15) is 10.2 Å². The molecule has 4 aromatic heterocycles. The van der Waals surface area contributed by atoms with E-state index in [1.165, 1.54) is 25.7 Å². The van der Waals surface area contributed by atoms with Crippen LogP contribution >= 0.6 is 15.9 Å². The smallest absolute Gasteiger partial charge is 0.399 e. The van der Waals surface area contributed by atoms with E-state index in [1.54, 1.807) is 67.1 Å². The Morgan fingerprint density at radius 3 is 1.53 bits per heavy atom. The van der Waals surface area contributed by atoms with Crippen LogP contribution in [0.4, 0.5) is 23.3 Å². The van der Waals surface area contributed by atoms with Crippen molar-refractivity contribution in [3.63, 3.8) is 0 Å². The summed E-state index contributed by atoms with van der Waals surface area (Å²) in [5.41, 5.74) is 8.63. The molecule has 0 radical (unpaired) electrons. The molecule has 0 saturated carbocycles. The molecule has 0 atom stereocenters. The highest BCUT2D eigenvalue weighted by Gasteiger charge is 2.52. The maximum absolute atomic E-state index is 12.6. The number of nitrogens with zero attached hydrogens (tertiary/aromatic N) is 10. The second-order valence-corrected chi connectivity index (χ2v) is 24.7. The molecule has 26 heteroatoms. The third-order valence-corrected chi connectivity index (χ3v) is 17.9. The first-order valence-corrected chi connectivity index (χ1v) is 29.5. The molecule has 7 heterocycles. The molecule has 11 rings (SSSR count). The molecular weight excluding hydrogens is 1100 g/mol. The van der Waals surface area contributed by atoms with Gasteiger partial charge in [-0.1, -0.05) is 15.9 Å². The number of aromatic amines is 2. The number of anilines is 4. The molecule has 3 saturated heterocycles. The van der Waals surface area contributed by atoms with Crippen LogP contribution in [0.5, 0.6) is 0 Å². The number of fused-ring (bicyclic) bond motifs is 2. The van der Waals surface area contributed by atoms with Crippen molar-refractivity contribution < 1.29 is 26.1 Å². The number of aromatic nitrogens is 10. The lowest BCUT2D eigenvalue weighted by Crippen LogP contribution is -2.41. The predicted octanol–water partition coefficient (Wildman–Crippen LogP) is 6.76. The molecule has 0 amide bonds. The first kappa shape index (κ1) is 56.4. The Morgan fingerprint density at radius 1 is 0.603 bits per heavy atom. The van der Waals surface area contributed by atoms with Crippen molar-refractivity contribution in [1.29, 1.82) is 0 Å². The number of H-pyrrole nitrogens is 2. The molecule has 410 valence electrons. The fraction of sp³-hybridized carbons (Fsp3) is 0.385. The maximum Gasteiger partial charge on any atom is 0.498 e. The number of likely N-dealkylation sites (tertiary alicyclic amines) is 2. The van der Waals surface area contributed by atoms with E-state index < -0.39 is 20.0 Å². The number of halogens is 1. The molecule has 3 fully saturated rings. The van der Waals surface area contributed by atoms with Crippen molar-refractivity contribution in [1.82, 2.24) is 70.0 Å². The van der Waals surface area contributed by atoms with Crippen molar-refractivity contribution in [2.45, 2.75) is 88.2 Å². The first-order valence-electron chi connectivity index (χ1n) is 25.8. The van der Waals surface area contributed by atoms with E-state index in [9.17, 15) is 16.8 Å². The SMILES string of the molecule is CC1(C)OB(c2cn[nH]c2)OC1(C)C.Cc1cc2nc(Nc3ccc(S(=O)(=O)NCCN4CCCC4)cc3)nnc2cc1-c1cn[nH]c1.Cc1cc2nc(Nc3ccc(S(=O)(=O)NCCN4CCCC4)cc3)nnc2cc1Br. The second-order valence-electron chi connectivity index (χ2n) is 20.3. The molecule has 8 aromatic rings. The lowest BCUT2D eigenvalue weighted by atomic mass is 9.82. The zero-order chi connectivity index (χ0) is 55.1. The fourth-order valence-corrected chi connectivity index (χ4v) is 11.3. The summed E-state index contributed by atoms with van der Waals surface area (Å²) in [6.07, 6.45) is 11.9. The summed E-state index contributed by atoms with van der Waals surface area (Å²) in [4.78, 5) is 14.0. The molecule has 3 aliphatic rings. The van der Waals surface area contributed by atoms with Crippen LogP contribution in [-0.4, -0.2) is 148 Å². The van der Waals surface area contributed by atoms with Crippen molar-refractivity contribution >= 4 is 93.9 Å². The molecule has 6 N–H and O–H groups in total. The van der Waals surface area contributed by atoms with E-state index in [0.717, 1.165) is 77.0 Å². The van der Waals surface area contributed by atoms with Gasteiger partial charge in [0.05, 0.1) is 38.2 Å². The molecule has 0 spiro atoms. The summed E-state index contributed by atoms with van der Waals surface area (Å²) >= 11 is 3.48. The van der Waals surface area contributed by atoms with Gasteiger partial charge >= 0.3 is 7.12 Å². The van der Waals surface area contributed by atoms with Crippen molar-refractivity contribution in [3.8, 4) is 11.1 Å². The summed E-state index contributed by atoms with van der Waals surface area (Å²) in [6.45, 7) is 18.6. The van der Waals surface area contributed by atoms with Crippen molar-refractivity contribution in [2.75, 3.05) is 63.0 Å². The van der Waals surface area contributed by atoms with E-state index in [4.69, 9.17) is 9.31 Å². The fourth-order valence-electron chi connectivity index (χ4n) is 8.88. The molecule has 22 nitrogen and oxygen atoms in total. The van der Waals surface area contributed by atoms with Crippen LogP contribution in [0.15, 0.2) is 112 Å². The van der Waals surface area contributed by atoms with E-state index in [-0.39, 0.29) is 28.1 Å². The molecule has 3 aliphatic heterocycles. The van der Waals surface area contributed by atoms with E-state index in [0.29, 0.717) is 52.9 Å². The summed E-state index contributed by atoms with van der Waals surface area (Å²) in [6, 6.07) is 20.7. The molecule has 4 aromatic carbocycles. The average Bonchev–Trinajstić information content (AvgIpc) is 4.30. The normalized spacial score (nSPS) is 16.5. The van der Waals surface area contributed by atoms with E-state index in [1.807, 2.05) is 72.0 Å². The minimum atomic E-state index is -3.55. The average molecular weight is 1160 g/mol. The number of hydrogen-bond acceptors (Lipinski definition) is 18. The van der Waals surface area contributed by atoms with Crippen LogP contribution in [0.25, 0.3) is 33.2 Å². The minimum Gasteiger partial charge on any atom is -0.399 e.